The van der Waals surface area contributed by atoms with Gasteiger partial charge in [-0.05, 0) is 73.3 Å². The molecule has 3 N–H and O–H groups in total. The molecule has 1 aromatic heterocycles. The van der Waals surface area contributed by atoms with Gasteiger partial charge in [0.2, 0.25) is 0 Å². The third kappa shape index (κ3) is 3.93. The quantitative estimate of drug-likeness (QED) is 0.792. The molecule has 1 heterocycles. The minimum absolute atomic E-state index is 0.202. The molecule has 2 aromatic rings. The number of benzene rings is 1. The number of anilines is 1. The van der Waals surface area contributed by atoms with Gasteiger partial charge in [-0.3, -0.25) is 9.59 Å². The van der Waals surface area contributed by atoms with Crippen molar-refractivity contribution in [2.75, 3.05) is 5.32 Å². The third-order valence-corrected chi connectivity index (χ3v) is 6.90. The Kier molecular flexibility index (Phi) is 5.17. The molecular formula is C22H28N2O2S. The number of thiophene rings is 1. The summed E-state index contributed by atoms with van der Waals surface area (Å²) in [4.78, 5) is 26.0. The van der Waals surface area contributed by atoms with Crippen LogP contribution in [0.3, 0.4) is 0 Å². The molecule has 3 rings (SSSR count). The molecule has 0 bridgehead atoms. The maximum atomic E-state index is 12.7. The number of nitrogens with one attached hydrogen (secondary N) is 1. The Labute approximate surface area is 165 Å². The van der Waals surface area contributed by atoms with Crippen molar-refractivity contribution < 1.29 is 9.59 Å². The van der Waals surface area contributed by atoms with Crippen LogP contribution in [0.5, 0.6) is 0 Å². The lowest BCUT2D eigenvalue weighted by Crippen LogP contribution is -2.27. The standard InChI is InChI=1S/C22H28N2O2S/c1-12-6-7-14(10-13(12)2)20(26)24-21-18(19(23)25)16-9-8-15(22(3,4)5)11-17(16)27-21/h6-7,10,15H,8-9,11H2,1-5H3,(H2,23,25)(H,24,26). The van der Waals surface area contributed by atoms with Crippen LogP contribution in [0.1, 0.15) is 69.5 Å². The summed E-state index contributed by atoms with van der Waals surface area (Å²) in [6, 6.07) is 5.62. The van der Waals surface area contributed by atoms with Gasteiger partial charge in [0.05, 0.1) is 5.56 Å². The molecule has 2 amide bonds. The van der Waals surface area contributed by atoms with Crippen LogP contribution in [0.25, 0.3) is 0 Å². The molecule has 27 heavy (non-hydrogen) atoms. The van der Waals surface area contributed by atoms with Gasteiger partial charge in [0.15, 0.2) is 0 Å². The van der Waals surface area contributed by atoms with E-state index in [1.807, 2.05) is 32.0 Å². The Hall–Kier alpha value is -2.14. The Morgan fingerprint density at radius 3 is 2.48 bits per heavy atom. The van der Waals surface area contributed by atoms with E-state index in [4.69, 9.17) is 5.73 Å². The first-order valence-corrected chi connectivity index (χ1v) is 10.2. The van der Waals surface area contributed by atoms with Crippen LogP contribution in [0.15, 0.2) is 18.2 Å². The number of nitrogens with two attached hydrogens (primary N) is 1. The largest absolute Gasteiger partial charge is 0.365 e. The number of carbonyl (C=O) groups is 2. The molecular weight excluding hydrogens is 356 g/mol. The van der Waals surface area contributed by atoms with E-state index >= 15 is 0 Å². The molecule has 4 nitrogen and oxygen atoms in total. The van der Waals surface area contributed by atoms with Crippen LogP contribution in [0, 0.1) is 25.2 Å². The van der Waals surface area contributed by atoms with Gasteiger partial charge in [-0.2, -0.15) is 0 Å². The minimum atomic E-state index is -0.461. The van der Waals surface area contributed by atoms with Gasteiger partial charge in [-0.25, -0.2) is 0 Å². The fraction of sp³-hybridized carbons (Fsp3) is 0.455. The summed E-state index contributed by atoms with van der Waals surface area (Å²) >= 11 is 1.51. The fourth-order valence-electron chi connectivity index (χ4n) is 3.73. The number of hydrogen-bond donors (Lipinski definition) is 2. The molecule has 1 aliphatic carbocycles. The van der Waals surface area contributed by atoms with E-state index in [1.54, 1.807) is 0 Å². The van der Waals surface area contributed by atoms with E-state index < -0.39 is 5.91 Å². The van der Waals surface area contributed by atoms with E-state index in [1.165, 1.54) is 16.2 Å². The lowest BCUT2D eigenvalue weighted by atomic mass is 9.72. The molecule has 1 aromatic carbocycles. The number of primary amides is 1. The van der Waals surface area contributed by atoms with Gasteiger partial charge in [-0.1, -0.05) is 26.8 Å². The van der Waals surface area contributed by atoms with Crippen LogP contribution in [-0.4, -0.2) is 11.8 Å². The second kappa shape index (κ2) is 7.12. The zero-order valence-corrected chi connectivity index (χ0v) is 17.5. The highest BCUT2D eigenvalue weighted by Gasteiger charge is 2.33. The van der Waals surface area contributed by atoms with Crippen LogP contribution < -0.4 is 11.1 Å². The molecule has 0 saturated carbocycles. The minimum Gasteiger partial charge on any atom is -0.365 e. The molecule has 0 saturated heterocycles. The highest BCUT2D eigenvalue weighted by molar-refractivity contribution is 7.17. The van der Waals surface area contributed by atoms with Gasteiger partial charge >= 0.3 is 0 Å². The number of fused-ring (bicyclic) bond motifs is 1. The van der Waals surface area contributed by atoms with Crippen LogP contribution in [0.4, 0.5) is 5.00 Å². The van der Waals surface area contributed by atoms with Gasteiger partial charge in [0, 0.05) is 10.4 Å². The first kappa shape index (κ1) is 19.6. The van der Waals surface area contributed by atoms with E-state index in [2.05, 4.69) is 26.1 Å². The summed E-state index contributed by atoms with van der Waals surface area (Å²) < 4.78 is 0. The summed E-state index contributed by atoms with van der Waals surface area (Å²) in [6.45, 7) is 10.8. The Bertz CT molecular complexity index is 906. The molecule has 5 heteroatoms. The first-order chi connectivity index (χ1) is 12.6. The second-order valence-corrected chi connectivity index (χ2v) is 9.74. The van der Waals surface area contributed by atoms with Crippen molar-refractivity contribution in [2.45, 2.75) is 53.9 Å². The predicted molar refractivity (Wildman–Crippen MR) is 112 cm³/mol. The van der Waals surface area contributed by atoms with Gasteiger partial charge < -0.3 is 11.1 Å². The Balaban J connectivity index is 1.92. The van der Waals surface area contributed by atoms with Crippen LogP contribution in [0.2, 0.25) is 0 Å². The smallest absolute Gasteiger partial charge is 0.256 e. The number of amides is 2. The zero-order chi connectivity index (χ0) is 19.9. The highest BCUT2D eigenvalue weighted by Crippen LogP contribution is 2.44. The lowest BCUT2D eigenvalue weighted by Gasteiger charge is -2.33. The Morgan fingerprint density at radius 1 is 1.19 bits per heavy atom. The first-order valence-electron chi connectivity index (χ1n) is 9.41. The summed E-state index contributed by atoms with van der Waals surface area (Å²) in [5.41, 5.74) is 10.2. The van der Waals surface area contributed by atoms with Gasteiger partial charge in [0.1, 0.15) is 5.00 Å². The van der Waals surface area contributed by atoms with Gasteiger partial charge in [-0.15, -0.1) is 11.3 Å². The molecule has 144 valence electrons. The fourth-order valence-corrected chi connectivity index (χ4v) is 5.06. The number of aryl methyl sites for hydroxylation is 2. The monoisotopic (exact) mass is 384 g/mol. The summed E-state index contributed by atoms with van der Waals surface area (Å²) in [6.07, 6.45) is 2.81. The maximum absolute atomic E-state index is 12.7. The lowest BCUT2D eigenvalue weighted by molar-refractivity contribution is 0.1000. The summed E-state index contributed by atoms with van der Waals surface area (Å²) in [5.74, 6) is -0.101. The van der Waals surface area contributed by atoms with Crippen LogP contribution >= 0.6 is 11.3 Å². The average molecular weight is 385 g/mol. The molecule has 1 aliphatic rings. The summed E-state index contributed by atoms with van der Waals surface area (Å²) in [7, 11) is 0. The number of carbonyl (C=O) groups excluding carboxylic acids is 2. The predicted octanol–water partition coefficient (Wildman–Crippen LogP) is 4.87. The van der Waals surface area contributed by atoms with Crippen LogP contribution in [-0.2, 0) is 12.8 Å². The molecule has 0 spiro atoms. The van der Waals surface area contributed by atoms with Crippen molar-refractivity contribution in [1.82, 2.24) is 0 Å². The van der Waals surface area contributed by atoms with E-state index in [0.717, 1.165) is 36.0 Å². The Morgan fingerprint density at radius 2 is 1.89 bits per heavy atom. The third-order valence-electron chi connectivity index (χ3n) is 5.73. The topological polar surface area (TPSA) is 72.2 Å². The van der Waals surface area contributed by atoms with Crippen molar-refractivity contribution >= 4 is 28.2 Å². The number of hydrogen-bond acceptors (Lipinski definition) is 3. The van der Waals surface area contributed by atoms with Crippen molar-refractivity contribution in [2.24, 2.45) is 17.1 Å². The van der Waals surface area contributed by atoms with E-state index in [9.17, 15) is 9.59 Å². The van der Waals surface area contributed by atoms with E-state index in [-0.39, 0.29) is 11.3 Å². The average Bonchev–Trinajstić information content (AvgIpc) is 2.93. The molecule has 0 aliphatic heterocycles. The normalized spacial score (nSPS) is 16.7. The van der Waals surface area contributed by atoms with Crippen molar-refractivity contribution in [3.8, 4) is 0 Å². The highest BCUT2D eigenvalue weighted by atomic mass is 32.1. The van der Waals surface area contributed by atoms with Crippen molar-refractivity contribution in [3.63, 3.8) is 0 Å². The van der Waals surface area contributed by atoms with E-state index in [0.29, 0.717) is 22.0 Å². The summed E-state index contributed by atoms with van der Waals surface area (Å²) in [5, 5.41) is 3.53. The second-order valence-electron chi connectivity index (χ2n) is 8.63. The van der Waals surface area contributed by atoms with Gasteiger partial charge in [0.25, 0.3) is 11.8 Å². The molecule has 1 atom stereocenters. The SMILES string of the molecule is Cc1ccc(C(=O)Nc2sc3c(c2C(N)=O)CCC(C(C)(C)C)C3)cc1C. The maximum Gasteiger partial charge on any atom is 0.256 e. The molecule has 0 fully saturated rings. The molecule has 0 radical (unpaired) electrons. The van der Waals surface area contributed by atoms with Crippen molar-refractivity contribution in [1.29, 1.82) is 0 Å². The number of rotatable bonds is 3. The van der Waals surface area contributed by atoms with Crippen molar-refractivity contribution in [3.05, 3.63) is 50.9 Å². The zero-order valence-electron chi connectivity index (χ0n) is 16.7. The molecule has 1 unspecified atom stereocenters.